The van der Waals surface area contributed by atoms with E-state index in [4.69, 9.17) is 0 Å². The Hall–Kier alpha value is -1.32. The van der Waals surface area contributed by atoms with Crippen molar-refractivity contribution in [1.29, 1.82) is 0 Å². The lowest BCUT2D eigenvalue weighted by atomic mass is 10.1. The topological polar surface area (TPSA) is 46.9 Å². The maximum atomic E-state index is 11.7. The molecular formula is C19H35N3O. The van der Waals surface area contributed by atoms with Gasteiger partial charge in [-0.2, -0.15) is 0 Å². The lowest BCUT2D eigenvalue weighted by Gasteiger charge is -2.06. The second-order valence-electron chi connectivity index (χ2n) is 6.44. The first-order chi connectivity index (χ1) is 11.3. The first-order valence-electron chi connectivity index (χ1n) is 9.55. The molecule has 1 aromatic rings. The maximum Gasteiger partial charge on any atom is 0.219 e. The molecule has 1 heterocycles. The molecule has 0 radical (unpaired) electrons. The molecule has 1 rings (SSSR count). The maximum absolute atomic E-state index is 11.7. The fourth-order valence-electron chi connectivity index (χ4n) is 2.77. The van der Waals surface area contributed by atoms with Gasteiger partial charge in [-0.3, -0.25) is 4.79 Å². The van der Waals surface area contributed by atoms with E-state index in [2.05, 4.69) is 17.2 Å². The quantitative estimate of drug-likeness (QED) is 0.476. The number of unbranched alkanes of at least 4 members (excludes halogenated alkanes) is 9. The number of nitrogens with zero attached hydrogens (tertiary/aromatic N) is 2. The van der Waals surface area contributed by atoms with Gasteiger partial charge < -0.3 is 9.88 Å². The van der Waals surface area contributed by atoms with Crippen LogP contribution in [0.15, 0.2) is 18.7 Å². The van der Waals surface area contributed by atoms with Crippen molar-refractivity contribution in [3.63, 3.8) is 0 Å². The summed E-state index contributed by atoms with van der Waals surface area (Å²) >= 11 is 0. The molecule has 0 unspecified atom stereocenters. The normalized spacial score (nSPS) is 10.8. The van der Waals surface area contributed by atoms with E-state index in [0.717, 1.165) is 25.9 Å². The van der Waals surface area contributed by atoms with Gasteiger partial charge in [-0.25, -0.2) is 4.98 Å². The van der Waals surface area contributed by atoms with Crippen molar-refractivity contribution < 1.29 is 4.79 Å². The molecule has 0 spiro atoms. The van der Waals surface area contributed by atoms with Gasteiger partial charge in [0.15, 0.2) is 0 Å². The molecule has 1 aromatic heterocycles. The van der Waals surface area contributed by atoms with Crippen LogP contribution < -0.4 is 5.32 Å². The van der Waals surface area contributed by atoms with E-state index < -0.39 is 0 Å². The number of carbonyl (C=O) groups excluding carboxylic acids is 1. The standard InChI is InChI=1S/C19H35N3O/c1-2-3-4-5-6-7-8-9-10-11-13-19(23)21-14-12-16-22-17-15-20-18-22/h15,17-18H,2-14,16H2,1H3,(H,21,23). The third-order valence-electron chi connectivity index (χ3n) is 4.23. The number of hydrogen-bond donors (Lipinski definition) is 1. The fraction of sp³-hybridized carbons (Fsp3) is 0.789. The average Bonchev–Trinajstić information content (AvgIpc) is 3.07. The highest BCUT2D eigenvalue weighted by atomic mass is 16.1. The molecule has 0 aliphatic heterocycles. The molecule has 0 aliphatic carbocycles. The number of aromatic nitrogens is 2. The molecule has 0 saturated heterocycles. The summed E-state index contributed by atoms with van der Waals surface area (Å²) in [5.74, 6) is 0.204. The molecule has 4 heteroatoms. The van der Waals surface area contributed by atoms with E-state index in [0.29, 0.717) is 6.42 Å². The molecule has 0 bridgehead atoms. The molecular weight excluding hydrogens is 286 g/mol. The molecule has 0 saturated carbocycles. The summed E-state index contributed by atoms with van der Waals surface area (Å²) in [6.07, 6.45) is 20.3. The van der Waals surface area contributed by atoms with E-state index >= 15 is 0 Å². The van der Waals surface area contributed by atoms with Crippen LogP contribution in [0.4, 0.5) is 0 Å². The van der Waals surface area contributed by atoms with Gasteiger partial charge in [0.25, 0.3) is 0 Å². The molecule has 23 heavy (non-hydrogen) atoms. The van der Waals surface area contributed by atoms with Crippen LogP contribution in [0.5, 0.6) is 0 Å². The predicted octanol–water partition coefficient (Wildman–Crippen LogP) is 4.70. The van der Waals surface area contributed by atoms with Gasteiger partial charge in [-0.05, 0) is 12.8 Å². The number of nitrogens with one attached hydrogen (secondary N) is 1. The van der Waals surface area contributed by atoms with Crippen molar-refractivity contribution >= 4 is 5.91 Å². The molecule has 1 amide bonds. The first kappa shape index (κ1) is 19.7. The third kappa shape index (κ3) is 11.8. The van der Waals surface area contributed by atoms with E-state index in [1.807, 2.05) is 17.1 Å². The van der Waals surface area contributed by atoms with Crippen molar-refractivity contribution in [2.75, 3.05) is 6.54 Å². The number of imidazole rings is 1. The summed E-state index contributed by atoms with van der Waals surface area (Å²) in [7, 11) is 0. The van der Waals surface area contributed by atoms with Gasteiger partial charge >= 0.3 is 0 Å². The van der Waals surface area contributed by atoms with Crippen LogP contribution in [-0.4, -0.2) is 22.0 Å². The number of amides is 1. The molecule has 0 aromatic carbocycles. The summed E-state index contributed by atoms with van der Waals surface area (Å²) in [6.45, 7) is 3.93. The van der Waals surface area contributed by atoms with Crippen LogP contribution >= 0.6 is 0 Å². The van der Waals surface area contributed by atoms with E-state index in [1.54, 1.807) is 6.20 Å². The fourth-order valence-corrected chi connectivity index (χ4v) is 2.77. The number of aryl methyl sites for hydroxylation is 1. The van der Waals surface area contributed by atoms with Crippen LogP contribution in [0.3, 0.4) is 0 Å². The van der Waals surface area contributed by atoms with Crippen LogP contribution in [0.25, 0.3) is 0 Å². The highest BCUT2D eigenvalue weighted by Crippen LogP contribution is 2.11. The molecule has 1 N–H and O–H groups in total. The van der Waals surface area contributed by atoms with E-state index in [-0.39, 0.29) is 5.91 Å². The van der Waals surface area contributed by atoms with Crippen molar-refractivity contribution in [2.45, 2.75) is 90.5 Å². The van der Waals surface area contributed by atoms with Gasteiger partial charge in [0.1, 0.15) is 0 Å². The first-order valence-corrected chi connectivity index (χ1v) is 9.55. The highest BCUT2D eigenvalue weighted by molar-refractivity contribution is 5.75. The Labute approximate surface area is 142 Å². The third-order valence-corrected chi connectivity index (χ3v) is 4.23. The Morgan fingerprint density at radius 1 is 0.957 bits per heavy atom. The zero-order valence-corrected chi connectivity index (χ0v) is 14.9. The lowest BCUT2D eigenvalue weighted by molar-refractivity contribution is -0.121. The minimum Gasteiger partial charge on any atom is -0.356 e. The molecule has 0 fully saturated rings. The Kier molecular flexibility index (Phi) is 12.3. The number of carbonyl (C=O) groups is 1. The summed E-state index contributed by atoms with van der Waals surface area (Å²) in [5, 5.41) is 3.00. The number of hydrogen-bond acceptors (Lipinski definition) is 2. The minimum absolute atomic E-state index is 0.204. The monoisotopic (exact) mass is 321 g/mol. The molecule has 0 atom stereocenters. The van der Waals surface area contributed by atoms with Crippen LogP contribution in [0, 0.1) is 0 Å². The smallest absolute Gasteiger partial charge is 0.219 e. The van der Waals surface area contributed by atoms with Crippen molar-refractivity contribution in [2.24, 2.45) is 0 Å². The van der Waals surface area contributed by atoms with Crippen LogP contribution in [0.2, 0.25) is 0 Å². The Balaban J connectivity index is 1.79. The zero-order chi connectivity index (χ0) is 16.6. The van der Waals surface area contributed by atoms with Crippen molar-refractivity contribution in [3.8, 4) is 0 Å². The summed E-state index contributed by atoms with van der Waals surface area (Å²) < 4.78 is 2.04. The Morgan fingerprint density at radius 3 is 2.22 bits per heavy atom. The highest BCUT2D eigenvalue weighted by Gasteiger charge is 2.00. The largest absolute Gasteiger partial charge is 0.356 e. The Bertz CT molecular complexity index is 376. The van der Waals surface area contributed by atoms with E-state index in [1.165, 1.54) is 57.8 Å². The predicted molar refractivity (Wildman–Crippen MR) is 96.3 cm³/mol. The second-order valence-corrected chi connectivity index (χ2v) is 6.44. The van der Waals surface area contributed by atoms with Gasteiger partial charge in [0.2, 0.25) is 5.91 Å². The summed E-state index contributed by atoms with van der Waals surface area (Å²) in [6, 6.07) is 0. The Morgan fingerprint density at radius 2 is 1.61 bits per heavy atom. The SMILES string of the molecule is CCCCCCCCCCCCC(=O)NCCCn1ccnc1. The second kappa shape index (κ2) is 14.3. The summed E-state index contributed by atoms with van der Waals surface area (Å²) in [5.41, 5.74) is 0. The molecule has 132 valence electrons. The van der Waals surface area contributed by atoms with Gasteiger partial charge in [-0.1, -0.05) is 64.7 Å². The minimum atomic E-state index is 0.204. The zero-order valence-electron chi connectivity index (χ0n) is 14.9. The molecule has 4 nitrogen and oxygen atoms in total. The van der Waals surface area contributed by atoms with Crippen LogP contribution in [0.1, 0.15) is 84.0 Å². The van der Waals surface area contributed by atoms with Crippen LogP contribution in [-0.2, 0) is 11.3 Å². The van der Waals surface area contributed by atoms with Gasteiger partial charge in [-0.15, -0.1) is 0 Å². The number of rotatable bonds is 15. The summed E-state index contributed by atoms with van der Waals surface area (Å²) in [4.78, 5) is 15.7. The molecule has 0 aliphatic rings. The van der Waals surface area contributed by atoms with Crippen molar-refractivity contribution in [1.82, 2.24) is 14.9 Å². The van der Waals surface area contributed by atoms with Gasteiger partial charge in [0.05, 0.1) is 6.33 Å². The van der Waals surface area contributed by atoms with Crippen molar-refractivity contribution in [3.05, 3.63) is 18.7 Å². The lowest BCUT2D eigenvalue weighted by Crippen LogP contribution is -2.24. The average molecular weight is 322 g/mol. The van der Waals surface area contributed by atoms with E-state index in [9.17, 15) is 4.79 Å². The van der Waals surface area contributed by atoms with Gasteiger partial charge in [0, 0.05) is 31.9 Å².